The van der Waals surface area contributed by atoms with Crippen LogP contribution in [0.1, 0.15) is 39.0 Å². The average Bonchev–Trinajstić information content (AvgIpc) is 2.37. The third-order valence-corrected chi connectivity index (χ3v) is 3.78. The Bertz CT molecular complexity index is 645. The molecule has 1 heterocycles. The summed E-state index contributed by atoms with van der Waals surface area (Å²) in [6.07, 6.45) is 0. The van der Waals surface area contributed by atoms with Crippen LogP contribution in [-0.2, 0) is 5.41 Å². The van der Waals surface area contributed by atoms with Crippen molar-refractivity contribution in [2.75, 3.05) is 11.9 Å². The molecule has 0 saturated heterocycles. The monoisotopic (exact) mass is 347 g/mol. The molecule has 2 rings (SSSR count). The van der Waals surface area contributed by atoms with Gasteiger partial charge in [0.15, 0.2) is 5.82 Å². The molecule has 21 heavy (non-hydrogen) atoms. The molecule has 0 atom stereocenters. The van der Waals surface area contributed by atoms with Crippen molar-refractivity contribution in [1.29, 1.82) is 0 Å². The molecule has 4 heteroatoms. The minimum absolute atomic E-state index is 0.00880. The molecule has 0 radical (unpaired) electrons. The summed E-state index contributed by atoms with van der Waals surface area (Å²) in [5.74, 6) is 1.66. The van der Waals surface area contributed by atoms with Crippen molar-refractivity contribution < 1.29 is 0 Å². The van der Waals surface area contributed by atoms with Gasteiger partial charge in [-0.2, -0.15) is 0 Å². The van der Waals surface area contributed by atoms with Gasteiger partial charge in [0, 0.05) is 28.1 Å². The number of halogens is 1. The van der Waals surface area contributed by atoms with Crippen molar-refractivity contribution in [2.24, 2.45) is 0 Å². The summed E-state index contributed by atoms with van der Waals surface area (Å²) < 4.78 is 1.07. The lowest BCUT2D eigenvalue weighted by molar-refractivity contribution is 0.568. The van der Waals surface area contributed by atoms with E-state index in [1.807, 2.05) is 12.1 Å². The van der Waals surface area contributed by atoms with Gasteiger partial charge in [0.05, 0.1) is 5.69 Å². The predicted molar refractivity (Wildman–Crippen MR) is 92.8 cm³/mol. The Kier molecular flexibility index (Phi) is 4.67. The molecule has 0 aliphatic carbocycles. The minimum Gasteiger partial charge on any atom is -0.370 e. The number of hydrogen-bond acceptors (Lipinski definition) is 3. The van der Waals surface area contributed by atoms with Gasteiger partial charge in [-0.05, 0) is 37.6 Å². The lowest BCUT2D eigenvalue weighted by Crippen LogP contribution is -2.16. The van der Waals surface area contributed by atoms with Crippen LogP contribution in [-0.4, -0.2) is 16.5 Å². The normalized spacial score (nSPS) is 11.5. The van der Waals surface area contributed by atoms with E-state index in [1.54, 1.807) is 0 Å². The van der Waals surface area contributed by atoms with Crippen LogP contribution in [0.2, 0.25) is 0 Å². The van der Waals surface area contributed by atoms with Gasteiger partial charge in [-0.15, -0.1) is 0 Å². The molecule has 3 nitrogen and oxygen atoms in total. The number of aromatic nitrogens is 2. The van der Waals surface area contributed by atoms with Gasteiger partial charge < -0.3 is 5.32 Å². The van der Waals surface area contributed by atoms with E-state index in [0.717, 1.165) is 39.5 Å². The van der Waals surface area contributed by atoms with Gasteiger partial charge in [0.2, 0.25) is 0 Å². The van der Waals surface area contributed by atoms with Gasteiger partial charge in [-0.1, -0.05) is 36.7 Å². The number of rotatable bonds is 3. The largest absolute Gasteiger partial charge is 0.370 e. The van der Waals surface area contributed by atoms with Crippen molar-refractivity contribution in [3.63, 3.8) is 0 Å². The second-order valence-corrected chi connectivity index (χ2v) is 7.12. The third kappa shape index (κ3) is 3.82. The Morgan fingerprint density at radius 3 is 2.43 bits per heavy atom. The summed E-state index contributed by atoms with van der Waals surface area (Å²) >= 11 is 3.50. The number of hydrogen-bond donors (Lipinski definition) is 1. The van der Waals surface area contributed by atoms with Crippen molar-refractivity contribution in [3.8, 4) is 11.4 Å². The molecule has 1 aromatic carbocycles. The molecule has 2 aromatic rings. The highest BCUT2D eigenvalue weighted by Gasteiger charge is 2.19. The first-order valence-corrected chi connectivity index (χ1v) is 8.00. The number of aryl methyl sites for hydroxylation is 1. The van der Waals surface area contributed by atoms with Crippen molar-refractivity contribution in [2.45, 2.75) is 40.0 Å². The van der Waals surface area contributed by atoms with E-state index in [1.165, 1.54) is 0 Å². The Hall–Kier alpha value is -1.42. The van der Waals surface area contributed by atoms with Crippen molar-refractivity contribution >= 4 is 21.7 Å². The molecule has 0 unspecified atom stereocenters. The number of nitrogens with zero attached hydrogens (tertiary/aromatic N) is 2. The van der Waals surface area contributed by atoms with E-state index >= 15 is 0 Å². The van der Waals surface area contributed by atoms with E-state index in [2.05, 4.69) is 73.0 Å². The maximum absolute atomic E-state index is 4.78. The third-order valence-electron chi connectivity index (χ3n) is 3.28. The van der Waals surface area contributed by atoms with E-state index in [-0.39, 0.29) is 5.41 Å². The summed E-state index contributed by atoms with van der Waals surface area (Å²) in [5, 5.41) is 3.30. The summed E-state index contributed by atoms with van der Waals surface area (Å²) in [7, 11) is 0. The lowest BCUT2D eigenvalue weighted by atomic mass is 9.91. The second-order valence-electron chi connectivity index (χ2n) is 6.20. The number of anilines is 1. The summed E-state index contributed by atoms with van der Waals surface area (Å²) in [6.45, 7) is 11.5. The highest BCUT2D eigenvalue weighted by atomic mass is 79.9. The molecule has 112 valence electrons. The van der Waals surface area contributed by atoms with Crippen LogP contribution < -0.4 is 5.32 Å². The van der Waals surface area contributed by atoms with Gasteiger partial charge in [-0.3, -0.25) is 0 Å². The Balaban J connectivity index is 2.59. The van der Waals surface area contributed by atoms with Crippen LogP contribution in [0.15, 0.2) is 28.7 Å². The zero-order valence-electron chi connectivity index (χ0n) is 13.3. The first kappa shape index (κ1) is 16.0. The summed E-state index contributed by atoms with van der Waals surface area (Å²) in [6, 6.07) is 8.23. The Morgan fingerprint density at radius 1 is 1.14 bits per heavy atom. The highest BCUT2D eigenvalue weighted by molar-refractivity contribution is 9.10. The van der Waals surface area contributed by atoms with E-state index in [0.29, 0.717) is 0 Å². The Labute approximate surface area is 135 Å². The van der Waals surface area contributed by atoms with Gasteiger partial charge in [0.1, 0.15) is 5.82 Å². The predicted octanol–water partition coefficient (Wildman–Crippen LogP) is 4.94. The fourth-order valence-corrected chi connectivity index (χ4v) is 2.58. The van der Waals surface area contributed by atoms with E-state index in [9.17, 15) is 0 Å². The molecule has 0 bridgehead atoms. The maximum atomic E-state index is 4.78. The van der Waals surface area contributed by atoms with Crippen LogP contribution in [0.3, 0.4) is 0 Å². The maximum Gasteiger partial charge on any atom is 0.162 e. The van der Waals surface area contributed by atoms with Gasteiger partial charge in [0.25, 0.3) is 0 Å². The zero-order chi connectivity index (χ0) is 15.6. The molecule has 0 fully saturated rings. The Morgan fingerprint density at radius 2 is 1.86 bits per heavy atom. The molecular formula is C17H22BrN3. The first-order valence-electron chi connectivity index (χ1n) is 7.21. The average molecular weight is 348 g/mol. The number of benzene rings is 1. The van der Waals surface area contributed by atoms with Crippen molar-refractivity contribution in [3.05, 3.63) is 40.0 Å². The molecule has 0 aliphatic rings. The SMILES string of the molecule is CCNc1cc(C(C)(C)C)nc(-c2ccc(Br)cc2C)n1. The molecule has 1 N–H and O–H groups in total. The summed E-state index contributed by atoms with van der Waals surface area (Å²) in [4.78, 5) is 9.44. The van der Waals surface area contributed by atoms with Crippen LogP contribution in [0.4, 0.5) is 5.82 Å². The minimum atomic E-state index is -0.00880. The summed E-state index contributed by atoms with van der Waals surface area (Å²) in [5.41, 5.74) is 3.28. The molecule has 1 aromatic heterocycles. The van der Waals surface area contributed by atoms with Gasteiger partial charge >= 0.3 is 0 Å². The lowest BCUT2D eigenvalue weighted by Gasteiger charge is -2.20. The fourth-order valence-electron chi connectivity index (χ4n) is 2.10. The van der Waals surface area contributed by atoms with Crippen molar-refractivity contribution in [1.82, 2.24) is 9.97 Å². The van der Waals surface area contributed by atoms with Crippen LogP contribution in [0.5, 0.6) is 0 Å². The van der Waals surface area contributed by atoms with Crippen LogP contribution in [0.25, 0.3) is 11.4 Å². The van der Waals surface area contributed by atoms with Crippen LogP contribution in [0, 0.1) is 6.92 Å². The molecule has 0 saturated carbocycles. The van der Waals surface area contributed by atoms with E-state index < -0.39 is 0 Å². The standard InChI is InChI=1S/C17H22BrN3/c1-6-19-15-10-14(17(3,4)5)20-16(21-15)13-8-7-12(18)9-11(13)2/h7-10H,6H2,1-5H3,(H,19,20,21). The van der Waals surface area contributed by atoms with Crippen LogP contribution >= 0.6 is 15.9 Å². The fraction of sp³-hybridized carbons (Fsp3) is 0.412. The number of nitrogens with one attached hydrogen (secondary N) is 1. The molecule has 0 amide bonds. The smallest absolute Gasteiger partial charge is 0.162 e. The quantitative estimate of drug-likeness (QED) is 0.853. The topological polar surface area (TPSA) is 37.8 Å². The second kappa shape index (κ2) is 6.14. The van der Waals surface area contributed by atoms with E-state index in [4.69, 9.17) is 4.98 Å². The zero-order valence-corrected chi connectivity index (χ0v) is 14.9. The van der Waals surface area contributed by atoms with Gasteiger partial charge in [-0.25, -0.2) is 9.97 Å². The first-order chi connectivity index (χ1) is 9.81. The highest BCUT2D eigenvalue weighted by Crippen LogP contribution is 2.28. The molecule has 0 aliphatic heterocycles. The molecular weight excluding hydrogens is 326 g/mol. The molecule has 0 spiro atoms.